The summed E-state index contributed by atoms with van der Waals surface area (Å²) in [7, 11) is 1.25. The molecule has 0 saturated carbocycles. The highest BCUT2D eigenvalue weighted by Crippen LogP contribution is 2.32. The van der Waals surface area contributed by atoms with Crippen molar-refractivity contribution >= 4 is 17.4 Å². The van der Waals surface area contributed by atoms with Gasteiger partial charge in [-0.05, 0) is 37.3 Å². The number of ketones is 1. The highest BCUT2D eigenvalue weighted by Gasteiger charge is 2.18. The fourth-order valence-electron chi connectivity index (χ4n) is 1.90. The van der Waals surface area contributed by atoms with Crippen LogP contribution in [0, 0.1) is 10.1 Å². The lowest BCUT2D eigenvalue weighted by Crippen LogP contribution is -2.01. The van der Waals surface area contributed by atoms with E-state index in [9.17, 15) is 19.7 Å². The second-order valence-corrected chi connectivity index (χ2v) is 4.62. The molecule has 0 radical (unpaired) electrons. The molecule has 0 saturated heterocycles. The Morgan fingerprint density at radius 1 is 1.09 bits per heavy atom. The molecule has 7 nitrogen and oxygen atoms in total. The number of hydrogen-bond acceptors (Lipinski definition) is 6. The largest absolute Gasteiger partial charge is 0.465 e. The molecule has 0 amide bonds. The van der Waals surface area contributed by atoms with Crippen LogP contribution in [0.2, 0.25) is 0 Å². The van der Waals surface area contributed by atoms with Crippen LogP contribution in [-0.2, 0) is 4.74 Å². The molecule has 0 aliphatic rings. The van der Waals surface area contributed by atoms with Crippen molar-refractivity contribution in [2.75, 3.05) is 7.11 Å². The van der Waals surface area contributed by atoms with Crippen LogP contribution >= 0.6 is 0 Å². The molecule has 23 heavy (non-hydrogen) atoms. The first kappa shape index (κ1) is 16.2. The number of methoxy groups -OCH3 is 1. The van der Waals surface area contributed by atoms with E-state index in [0.29, 0.717) is 0 Å². The average Bonchev–Trinajstić information content (AvgIpc) is 2.54. The summed E-state index contributed by atoms with van der Waals surface area (Å²) in [5.74, 6) is -0.613. The van der Waals surface area contributed by atoms with Crippen molar-refractivity contribution in [3.63, 3.8) is 0 Å². The van der Waals surface area contributed by atoms with Crippen molar-refractivity contribution in [1.29, 1.82) is 0 Å². The third-order valence-electron chi connectivity index (χ3n) is 3.05. The molecule has 0 atom stereocenters. The van der Waals surface area contributed by atoms with Crippen LogP contribution in [0.25, 0.3) is 0 Å². The van der Waals surface area contributed by atoms with Crippen molar-refractivity contribution < 1.29 is 24.0 Å². The SMILES string of the molecule is COC(=O)c1cccc(Oc2ccc(C(C)=O)cc2[N+](=O)[O-])c1. The van der Waals surface area contributed by atoms with Crippen LogP contribution in [0.3, 0.4) is 0 Å². The van der Waals surface area contributed by atoms with E-state index in [1.807, 2.05) is 0 Å². The Bertz CT molecular complexity index is 784. The molecular formula is C16H13NO6. The predicted octanol–water partition coefficient (Wildman–Crippen LogP) is 3.38. The highest BCUT2D eigenvalue weighted by molar-refractivity contribution is 5.95. The van der Waals surface area contributed by atoms with Crippen LogP contribution in [0.5, 0.6) is 11.5 Å². The van der Waals surface area contributed by atoms with Crippen LogP contribution < -0.4 is 4.74 Å². The van der Waals surface area contributed by atoms with Gasteiger partial charge in [-0.2, -0.15) is 0 Å². The number of ether oxygens (including phenoxy) is 2. The Morgan fingerprint density at radius 2 is 1.83 bits per heavy atom. The van der Waals surface area contributed by atoms with Crippen molar-refractivity contribution in [3.05, 3.63) is 63.7 Å². The number of nitrogens with zero attached hydrogens (tertiary/aromatic N) is 1. The number of carbonyl (C=O) groups is 2. The lowest BCUT2D eigenvalue weighted by molar-refractivity contribution is -0.385. The molecule has 0 aliphatic heterocycles. The Kier molecular flexibility index (Phi) is 4.70. The number of hydrogen-bond donors (Lipinski definition) is 0. The molecule has 118 valence electrons. The summed E-state index contributed by atoms with van der Waals surface area (Å²) in [4.78, 5) is 33.3. The van der Waals surface area contributed by atoms with E-state index in [1.165, 1.54) is 38.3 Å². The Labute approximate surface area is 131 Å². The zero-order chi connectivity index (χ0) is 17.0. The second kappa shape index (κ2) is 6.69. The molecule has 2 aromatic carbocycles. The first-order valence-corrected chi connectivity index (χ1v) is 6.58. The zero-order valence-corrected chi connectivity index (χ0v) is 12.4. The maximum absolute atomic E-state index is 11.5. The molecule has 0 heterocycles. The van der Waals surface area contributed by atoms with Crippen molar-refractivity contribution in [2.45, 2.75) is 6.92 Å². The predicted molar refractivity (Wildman–Crippen MR) is 81.0 cm³/mol. The van der Waals surface area contributed by atoms with E-state index in [4.69, 9.17) is 4.74 Å². The minimum Gasteiger partial charge on any atom is -0.465 e. The van der Waals surface area contributed by atoms with E-state index in [-0.39, 0.29) is 34.1 Å². The van der Waals surface area contributed by atoms with E-state index in [1.54, 1.807) is 12.1 Å². The molecule has 2 rings (SSSR count). The molecule has 0 fully saturated rings. The molecule has 0 bridgehead atoms. The summed E-state index contributed by atoms with van der Waals surface area (Å²) < 4.78 is 10.1. The third-order valence-corrected chi connectivity index (χ3v) is 3.05. The normalized spacial score (nSPS) is 10.0. The number of benzene rings is 2. The van der Waals surface area contributed by atoms with Crippen molar-refractivity contribution in [3.8, 4) is 11.5 Å². The number of nitro benzene ring substituents is 1. The van der Waals surface area contributed by atoms with Gasteiger partial charge in [0, 0.05) is 11.6 Å². The Morgan fingerprint density at radius 3 is 2.43 bits per heavy atom. The maximum Gasteiger partial charge on any atom is 0.337 e. The molecule has 0 aromatic heterocycles. The summed E-state index contributed by atoms with van der Waals surface area (Å²) >= 11 is 0. The van der Waals surface area contributed by atoms with Gasteiger partial charge in [0.25, 0.3) is 0 Å². The van der Waals surface area contributed by atoms with Gasteiger partial charge in [0.2, 0.25) is 5.75 Å². The molecule has 2 aromatic rings. The average molecular weight is 315 g/mol. The number of Topliss-reactive ketones (excluding diaryl/α,β-unsaturated/α-hetero) is 1. The lowest BCUT2D eigenvalue weighted by Gasteiger charge is -2.08. The Balaban J connectivity index is 2.38. The summed E-state index contributed by atoms with van der Waals surface area (Å²) in [6.07, 6.45) is 0. The van der Waals surface area contributed by atoms with Crippen LogP contribution in [-0.4, -0.2) is 23.8 Å². The van der Waals surface area contributed by atoms with Gasteiger partial charge in [0.1, 0.15) is 5.75 Å². The zero-order valence-electron chi connectivity index (χ0n) is 12.4. The minimum absolute atomic E-state index is 0.0259. The Hall–Kier alpha value is -3.22. The van der Waals surface area contributed by atoms with E-state index in [0.717, 1.165) is 6.07 Å². The summed E-state index contributed by atoms with van der Waals surface area (Å²) in [5.41, 5.74) is 0.140. The smallest absolute Gasteiger partial charge is 0.337 e. The summed E-state index contributed by atoms with van der Waals surface area (Å²) in [6.45, 7) is 1.32. The minimum atomic E-state index is -0.633. The summed E-state index contributed by atoms with van der Waals surface area (Å²) in [6, 6.07) is 10.0. The van der Waals surface area contributed by atoms with Crippen LogP contribution in [0.4, 0.5) is 5.69 Å². The fourth-order valence-corrected chi connectivity index (χ4v) is 1.90. The molecular weight excluding hydrogens is 302 g/mol. The van der Waals surface area contributed by atoms with E-state index in [2.05, 4.69) is 4.74 Å². The van der Waals surface area contributed by atoms with Gasteiger partial charge < -0.3 is 9.47 Å². The topological polar surface area (TPSA) is 95.7 Å². The summed E-state index contributed by atoms with van der Waals surface area (Å²) in [5, 5.41) is 11.1. The third kappa shape index (κ3) is 3.70. The fraction of sp³-hybridized carbons (Fsp3) is 0.125. The quantitative estimate of drug-likeness (QED) is 0.363. The second-order valence-electron chi connectivity index (χ2n) is 4.62. The first-order chi connectivity index (χ1) is 10.9. The first-order valence-electron chi connectivity index (χ1n) is 6.58. The number of carbonyl (C=O) groups excluding carboxylic acids is 2. The van der Waals surface area contributed by atoms with Crippen molar-refractivity contribution in [1.82, 2.24) is 0 Å². The van der Waals surface area contributed by atoms with Crippen molar-refractivity contribution in [2.24, 2.45) is 0 Å². The van der Waals surface area contributed by atoms with E-state index < -0.39 is 10.9 Å². The standard InChI is InChI=1S/C16H13NO6/c1-10(18)11-6-7-15(14(9-11)17(20)21)23-13-5-3-4-12(8-13)16(19)22-2/h3-9H,1-2H3. The molecule has 0 spiro atoms. The number of rotatable bonds is 5. The highest BCUT2D eigenvalue weighted by atomic mass is 16.6. The van der Waals surface area contributed by atoms with Gasteiger partial charge in [-0.1, -0.05) is 6.07 Å². The van der Waals surface area contributed by atoms with Gasteiger partial charge in [0.05, 0.1) is 17.6 Å². The van der Waals surface area contributed by atoms with Crippen LogP contribution in [0.15, 0.2) is 42.5 Å². The van der Waals surface area contributed by atoms with Gasteiger partial charge >= 0.3 is 11.7 Å². The van der Waals surface area contributed by atoms with Gasteiger partial charge in [-0.3, -0.25) is 14.9 Å². The lowest BCUT2D eigenvalue weighted by atomic mass is 10.1. The van der Waals surface area contributed by atoms with Gasteiger partial charge in [-0.25, -0.2) is 4.79 Å². The molecule has 0 unspecified atom stereocenters. The number of nitro groups is 1. The maximum atomic E-state index is 11.5. The molecule has 0 N–H and O–H groups in total. The molecule has 7 heteroatoms. The van der Waals surface area contributed by atoms with Gasteiger partial charge in [0.15, 0.2) is 5.78 Å². The molecule has 0 aliphatic carbocycles. The van der Waals surface area contributed by atoms with E-state index >= 15 is 0 Å². The van der Waals surface area contributed by atoms with Gasteiger partial charge in [-0.15, -0.1) is 0 Å². The van der Waals surface area contributed by atoms with Crippen LogP contribution in [0.1, 0.15) is 27.6 Å². The number of esters is 1. The monoisotopic (exact) mass is 315 g/mol.